The van der Waals surface area contributed by atoms with Crippen LogP contribution in [0, 0.1) is 0 Å². The summed E-state index contributed by atoms with van der Waals surface area (Å²) >= 11 is 0. The molecule has 1 aliphatic rings. The highest BCUT2D eigenvalue weighted by atomic mass is 16.5. The van der Waals surface area contributed by atoms with Gasteiger partial charge >= 0.3 is 0 Å². The van der Waals surface area contributed by atoms with Gasteiger partial charge in [-0.25, -0.2) is 10.8 Å². The number of carbonyl (C=O) groups is 1. The van der Waals surface area contributed by atoms with Crippen LogP contribution in [0.2, 0.25) is 0 Å². The first-order chi connectivity index (χ1) is 9.72. The van der Waals surface area contributed by atoms with Gasteiger partial charge in [0.2, 0.25) is 0 Å². The maximum atomic E-state index is 12.5. The van der Waals surface area contributed by atoms with Crippen LogP contribution < -0.4 is 11.3 Å². The van der Waals surface area contributed by atoms with E-state index in [1.165, 1.54) is 0 Å². The molecule has 0 aliphatic carbocycles. The number of ether oxygens (including phenoxy) is 1. The Labute approximate surface area is 116 Å². The normalized spacial score (nSPS) is 15.2. The van der Waals surface area contributed by atoms with Gasteiger partial charge in [0.05, 0.1) is 11.6 Å². The fourth-order valence-corrected chi connectivity index (χ4v) is 2.35. The lowest BCUT2D eigenvalue weighted by Crippen LogP contribution is -2.54. The lowest BCUT2D eigenvalue weighted by molar-refractivity contribution is -0.0191. The summed E-state index contributed by atoms with van der Waals surface area (Å²) in [7, 11) is 1.66. The molecule has 0 bridgehead atoms. The molecule has 1 aromatic heterocycles. The number of hydrazine groups is 1. The Morgan fingerprint density at radius 3 is 2.90 bits per heavy atom. The number of fused-ring (bicyclic) bond motifs is 1. The maximum absolute atomic E-state index is 12.5. The molecule has 1 amide bonds. The highest BCUT2D eigenvalue weighted by Crippen LogP contribution is 2.23. The summed E-state index contributed by atoms with van der Waals surface area (Å²) in [5, 5.41) is 0.831. The molecule has 0 atom stereocenters. The number of pyridine rings is 1. The van der Waals surface area contributed by atoms with E-state index >= 15 is 0 Å². The van der Waals surface area contributed by atoms with Crippen molar-refractivity contribution >= 4 is 22.6 Å². The first-order valence-corrected chi connectivity index (χ1v) is 6.41. The molecule has 6 heteroatoms. The third-order valence-corrected chi connectivity index (χ3v) is 3.58. The number of nitrogens with two attached hydrogens (primary N) is 1. The van der Waals surface area contributed by atoms with E-state index in [0.717, 1.165) is 10.9 Å². The van der Waals surface area contributed by atoms with Crippen molar-refractivity contribution in [3.05, 3.63) is 35.9 Å². The minimum absolute atomic E-state index is 0.0131. The number of carbonyl (C=O) groups excluding carboxylic acids is 1. The Kier molecular flexibility index (Phi) is 3.25. The molecule has 0 saturated carbocycles. The van der Waals surface area contributed by atoms with Crippen molar-refractivity contribution in [2.24, 2.45) is 5.84 Å². The van der Waals surface area contributed by atoms with Gasteiger partial charge in [-0.3, -0.25) is 4.79 Å². The fourth-order valence-electron chi connectivity index (χ4n) is 2.35. The Morgan fingerprint density at radius 2 is 2.20 bits per heavy atom. The second kappa shape index (κ2) is 5.07. The number of hydrogen-bond acceptors (Lipinski definition) is 5. The van der Waals surface area contributed by atoms with Gasteiger partial charge in [0.15, 0.2) is 0 Å². The molecule has 104 valence electrons. The molecule has 1 aliphatic heterocycles. The van der Waals surface area contributed by atoms with Crippen LogP contribution in [0.5, 0.6) is 0 Å². The predicted octanol–water partition coefficient (Wildman–Crippen LogP) is 0.991. The number of nitrogens with one attached hydrogen (secondary N) is 1. The topological polar surface area (TPSA) is 80.5 Å². The van der Waals surface area contributed by atoms with E-state index in [9.17, 15) is 4.79 Å². The predicted molar refractivity (Wildman–Crippen MR) is 76.3 cm³/mol. The van der Waals surface area contributed by atoms with E-state index in [2.05, 4.69) is 10.4 Å². The molecule has 6 nitrogen and oxygen atoms in total. The smallest absolute Gasteiger partial charge is 0.254 e. The first-order valence-electron chi connectivity index (χ1n) is 6.41. The molecule has 3 N–H and O–H groups in total. The van der Waals surface area contributed by atoms with Gasteiger partial charge in [0, 0.05) is 31.1 Å². The van der Waals surface area contributed by atoms with Gasteiger partial charge in [-0.1, -0.05) is 6.07 Å². The van der Waals surface area contributed by atoms with Crippen LogP contribution in [-0.2, 0) is 4.74 Å². The fraction of sp³-hybridized carbons (Fsp3) is 0.286. The maximum Gasteiger partial charge on any atom is 0.254 e. The Hall–Kier alpha value is -2.18. The highest BCUT2D eigenvalue weighted by Gasteiger charge is 2.31. The molecule has 0 spiro atoms. The number of nitrogens with zero attached hydrogens (tertiary/aromatic N) is 2. The zero-order valence-electron chi connectivity index (χ0n) is 11.2. The average molecular weight is 272 g/mol. The van der Waals surface area contributed by atoms with Crippen LogP contribution >= 0.6 is 0 Å². The lowest BCUT2D eigenvalue weighted by Gasteiger charge is -2.38. The molecule has 20 heavy (non-hydrogen) atoms. The summed E-state index contributed by atoms with van der Waals surface area (Å²) in [5.74, 6) is 5.93. The minimum Gasteiger partial charge on any atom is -0.378 e. The second-order valence-electron chi connectivity index (χ2n) is 4.78. The monoisotopic (exact) mass is 272 g/mol. The van der Waals surface area contributed by atoms with E-state index < -0.39 is 0 Å². The van der Waals surface area contributed by atoms with Gasteiger partial charge in [0.1, 0.15) is 5.82 Å². The Morgan fingerprint density at radius 1 is 1.40 bits per heavy atom. The molecule has 0 radical (unpaired) electrons. The van der Waals surface area contributed by atoms with Crippen LogP contribution in [0.15, 0.2) is 30.3 Å². The average Bonchev–Trinajstić information content (AvgIpc) is 2.44. The second-order valence-corrected chi connectivity index (χ2v) is 4.78. The molecular weight excluding hydrogens is 256 g/mol. The molecule has 1 saturated heterocycles. The summed E-state index contributed by atoms with van der Waals surface area (Å²) in [4.78, 5) is 18.6. The number of benzene rings is 1. The number of hydrogen-bond donors (Lipinski definition) is 2. The van der Waals surface area contributed by atoms with Gasteiger partial charge in [-0.2, -0.15) is 0 Å². The molecule has 1 aromatic carbocycles. The van der Waals surface area contributed by atoms with E-state index in [0.29, 0.717) is 24.5 Å². The van der Waals surface area contributed by atoms with Crippen LogP contribution in [0.4, 0.5) is 5.82 Å². The van der Waals surface area contributed by atoms with E-state index in [4.69, 9.17) is 10.6 Å². The van der Waals surface area contributed by atoms with Crippen LogP contribution in [0.25, 0.3) is 10.9 Å². The SMILES string of the molecule is COC1CN(C(=O)c2cccc3nc(NN)ccc23)C1. The van der Waals surface area contributed by atoms with E-state index in [-0.39, 0.29) is 12.0 Å². The van der Waals surface area contributed by atoms with Crippen LogP contribution in [0.1, 0.15) is 10.4 Å². The number of anilines is 1. The standard InChI is InChI=1S/C14H16N4O2/c1-20-9-7-18(8-9)14(19)11-3-2-4-12-10(11)5-6-13(16-12)17-15/h2-6,9H,7-8,15H2,1H3,(H,16,17). The molecular formula is C14H16N4O2. The van der Waals surface area contributed by atoms with Crippen molar-refractivity contribution in [2.45, 2.75) is 6.10 Å². The van der Waals surface area contributed by atoms with Gasteiger partial charge in [-0.15, -0.1) is 0 Å². The summed E-state index contributed by atoms with van der Waals surface area (Å²) in [5.41, 5.74) is 3.91. The summed E-state index contributed by atoms with van der Waals surface area (Å²) in [6.07, 6.45) is 0.153. The zero-order valence-corrected chi connectivity index (χ0v) is 11.2. The summed E-state index contributed by atoms with van der Waals surface area (Å²) in [6, 6.07) is 9.13. The number of amides is 1. The number of likely N-dealkylation sites (tertiary alicyclic amines) is 1. The third kappa shape index (κ3) is 2.09. The lowest BCUT2D eigenvalue weighted by atomic mass is 10.0. The van der Waals surface area contributed by atoms with Gasteiger partial charge in [-0.05, 0) is 24.3 Å². The van der Waals surface area contributed by atoms with Gasteiger partial charge < -0.3 is 15.1 Å². The van der Waals surface area contributed by atoms with E-state index in [1.54, 1.807) is 18.1 Å². The number of rotatable bonds is 3. The molecule has 0 unspecified atom stereocenters. The molecule has 2 aromatic rings. The molecule has 1 fully saturated rings. The first kappa shape index (κ1) is 12.8. The van der Waals surface area contributed by atoms with Crippen molar-refractivity contribution in [2.75, 3.05) is 25.6 Å². The van der Waals surface area contributed by atoms with Crippen LogP contribution in [0.3, 0.4) is 0 Å². The molecule has 3 rings (SSSR count). The zero-order chi connectivity index (χ0) is 14.1. The van der Waals surface area contributed by atoms with Gasteiger partial charge in [0.25, 0.3) is 5.91 Å². The Bertz CT molecular complexity index is 653. The third-order valence-electron chi connectivity index (χ3n) is 3.58. The minimum atomic E-state index is 0.0131. The highest BCUT2D eigenvalue weighted by molar-refractivity contribution is 6.06. The van der Waals surface area contributed by atoms with Crippen molar-refractivity contribution < 1.29 is 9.53 Å². The van der Waals surface area contributed by atoms with Crippen molar-refractivity contribution in [3.8, 4) is 0 Å². The largest absolute Gasteiger partial charge is 0.378 e. The number of nitrogen functional groups attached to an aromatic ring is 1. The quantitative estimate of drug-likeness (QED) is 0.643. The van der Waals surface area contributed by atoms with Crippen molar-refractivity contribution in [1.82, 2.24) is 9.88 Å². The van der Waals surface area contributed by atoms with E-state index in [1.807, 2.05) is 24.3 Å². The summed E-state index contributed by atoms with van der Waals surface area (Å²) < 4.78 is 5.19. The molecule has 2 heterocycles. The summed E-state index contributed by atoms with van der Waals surface area (Å²) in [6.45, 7) is 1.28. The van der Waals surface area contributed by atoms with Crippen LogP contribution in [-0.4, -0.2) is 42.1 Å². The number of methoxy groups -OCH3 is 1. The number of aromatic nitrogens is 1. The van der Waals surface area contributed by atoms with Crippen molar-refractivity contribution in [1.29, 1.82) is 0 Å². The van der Waals surface area contributed by atoms with Crippen molar-refractivity contribution in [3.63, 3.8) is 0 Å². The Balaban J connectivity index is 1.93.